The number of carbonyl (C=O) groups is 1. The lowest BCUT2D eigenvalue weighted by Crippen LogP contribution is -2.54. The van der Waals surface area contributed by atoms with E-state index in [1.165, 1.54) is 0 Å². The van der Waals surface area contributed by atoms with Gasteiger partial charge in [0, 0.05) is 70.3 Å². The van der Waals surface area contributed by atoms with Crippen molar-refractivity contribution >= 4 is 6.03 Å². The summed E-state index contributed by atoms with van der Waals surface area (Å²) in [6, 6.07) is 0.669. The molecular weight excluding hydrogens is 330 g/mol. The lowest BCUT2D eigenvalue weighted by Gasteiger charge is -2.40. The van der Waals surface area contributed by atoms with Gasteiger partial charge in [-0.15, -0.1) is 0 Å². The number of hydrogen-bond donors (Lipinski definition) is 1. The number of hydrogen-bond acceptors (Lipinski definition) is 4. The van der Waals surface area contributed by atoms with Crippen LogP contribution in [0.4, 0.5) is 4.79 Å². The molecule has 2 saturated heterocycles. The van der Waals surface area contributed by atoms with Crippen molar-refractivity contribution in [2.45, 2.75) is 58.7 Å². The van der Waals surface area contributed by atoms with Crippen molar-refractivity contribution < 1.29 is 9.53 Å². The minimum atomic E-state index is 0.0392. The van der Waals surface area contributed by atoms with E-state index in [9.17, 15) is 4.79 Å². The highest BCUT2D eigenvalue weighted by Crippen LogP contribution is 2.16. The fourth-order valence-corrected chi connectivity index (χ4v) is 3.79. The first kappa shape index (κ1) is 19.2. The first-order chi connectivity index (χ1) is 12.7. The molecule has 26 heavy (non-hydrogen) atoms. The van der Waals surface area contributed by atoms with E-state index in [2.05, 4.69) is 28.4 Å². The van der Waals surface area contributed by atoms with E-state index in [1.54, 1.807) is 0 Å². The van der Waals surface area contributed by atoms with E-state index in [0.29, 0.717) is 12.6 Å². The molecule has 0 spiro atoms. The number of aromatic nitrogens is 2. The van der Waals surface area contributed by atoms with E-state index >= 15 is 0 Å². The Bertz CT molecular complexity index is 574. The topological polar surface area (TPSA) is 62.6 Å². The van der Waals surface area contributed by atoms with Crippen LogP contribution in [-0.2, 0) is 17.8 Å². The Morgan fingerprint density at radius 2 is 2.00 bits per heavy atom. The van der Waals surface area contributed by atoms with Gasteiger partial charge in [0.05, 0.1) is 5.69 Å². The molecule has 0 unspecified atom stereocenters. The summed E-state index contributed by atoms with van der Waals surface area (Å²) in [5.74, 6) is 0. The van der Waals surface area contributed by atoms with Gasteiger partial charge in [-0.2, -0.15) is 5.10 Å². The summed E-state index contributed by atoms with van der Waals surface area (Å²) >= 11 is 0. The maximum Gasteiger partial charge on any atom is 0.317 e. The zero-order valence-corrected chi connectivity index (χ0v) is 16.2. The number of amides is 2. The summed E-state index contributed by atoms with van der Waals surface area (Å²) < 4.78 is 7.44. The van der Waals surface area contributed by atoms with E-state index in [4.69, 9.17) is 4.74 Å². The molecule has 2 aliphatic rings. The minimum absolute atomic E-state index is 0.0392. The van der Waals surface area contributed by atoms with Gasteiger partial charge in [0.15, 0.2) is 0 Å². The predicted octanol–water partition coefficient (Wildman–Crippen LogP) is 2.00. The molecule has 1 aromatic rings. The summed E-state index contributed by atoms with van der Waals surface area (Å²) in [7, 11) is 0. The van der Waals surface area contributed by atoms with Crippen molar-refractivity contribution in [3.8, 4) is 0 Å². The number of nitrogens with zero attached hydrogens (tertiary/aromatic N) is 4. The molecule has 2 aliphatic heterocycles. The second kappa shape index (κ2) is 9.37. The zero-order valence-electron chi connectivity index (χ0n) is 16.2. The number of aryl methyl sites for hydroxylation is 2. The molecule has 2 fully saturated rings. The molecule has 1 N–H and O–H groups in total. The normalized spacial score (nSPS) is 19.7. The maximum atomic E-state index is 12.5. The number of piperazine rings is 1. The second-order valence-corrected chi connectivity index (χ2v) is 7.38. The van der Waals surface area contributed by atoms with Crippen LogP contribution in [0.25, 0.3) is 0 Å². The highest BCUT2D eigenvalue weighted by Gasteiger charge is 2.27. The molecule has 3 heterocycles. The maximum absolute atomic E-state index is 12.5. The molecule has 2 amide bonds. The Morgan fingerprint density at radius 1 is 1.27 bits per heavy atom. The van der Waals surface area contributed by atoms with Crippen LogP contribution in [-0.4, -0.2) is 71.0 Å². The summed E-state index contributed by atoms with van der Waals surface area (Å²) in [5.41, 5.74) is 2.11. The number of nitrogens with one attached hydrogen (secondary N) is 1. The summed E-state index contributed by atoms with van der Waals surface area (Å²) in [6.45, 7) is 11.0. The van der Waals surface area contributed by atoms with Crippen LogP contribution < -0.4 is 5.32 Å². The van der Waals surface area contributed by atoms with Gasteiger partial charge in [-0.25, -0.2) is 4.79 Å². The second-order valence-electron chi connectivity index (χ2n) is 7.38. The van der Waals surface area contributed by atoms with Crippen LogP contribution >= 0.6 is 0 Å². The third-order valence-corrected chi connectivity index (χ3v) is 5.53. The van der Waals surface area contributed by atoms with Gasteiger partial charge < -0.3 is 15.0 Å². The average Bonchev–Trinajstić information content (AvgIpc) is 3.05. The lowest BCUT2D eigenvalue weighted by atomic mass is 10.1. The third kappa shape index (κ3) is 4.98. The number of carbonyl (C=O) groups excluding carboxylic acids is 1. The average molecular weight is 364 g/mol. The zero-order chi connectivity index (χ0) is 18.4. The van der Waals surface area contributed by atoms with E-state index in [-0.39, 0.29) is 6.03 Å². The van der Waals surface area contributed by atoms with Gasteiger partial charge >= 0.3 is 6.03 Å². The number of unbranched alkanes of at least 4 members (excludes halogenated alkanes) is 1. The molecule has 0 radical (unpaired) electrons. The van der Waals surface area contributed by atoms with Crippen LogP contribution in [0.15, 0.2) is 6.20 Å². The fraction of sp³-hybridized carbons (Fsp3) is 0.789. The molecule has 7 heteroatoms. The predicted molar refractivity (Wildman–Crippen MR) is 101 cm³/mol. The van der Waals surface area contributed by atoms with E-state index < -0.39 is 0 Å². The van der Waals surface area contributed by atoms with Gasteiger partial charge in [0.1, 0.15) is 0 Å². The summed E-state index contributed by atoms with van der Waals surface area (Å²) in [6.07, 6.45) is 6.59. The summed E-state index contributed by atoms with van der Waals surface area (Å²) in [5, 5.41) is 7.60. The van der Waals surface area contributed by atoms with Crippen LogP contribution in [0.5, 0.6) is 0 Å². The number of ether oxygens (including phenoxy) is 1. The quantitative estimate of drug-likeness (QED) is 0.840. The standard InChI is InChI=1S/C19H33N5O2/c1-3-4-7-24-15-17(16(2)21-24)14-20-19(25)23-10-8-22(9-11-23)18-5-12-26-13-6-18/h15,18H,3-14H2,1-2H3,(H,20,25). The smallest absolute Gasteiger partial charge is 0.317 e. The third-order valence-electron chi connectivity index (χ3n) is 5.53. The molecule has 0 aromatic carbocycles. The monoisotopic (exact) mass is 363 g/mol. The molecule has 7 nitrogen and oxygen atoms in total. The van der Waals surface area contributed by atoms with Crippen LogP contribution in [0.2, 0.25) is 0 Å². The van der Waals surface area contributed by atoms with Crippen molar-refractivity contribution in [2.24, 2.45) is 0 Å². The first-order valence-corrected chi connectivity index (χ1v) is 10.0. The van der Waals surface area contributed by atoms with E-state index in [1.807, 2.05) is 16.5 Å². The highest BCUT2D eigenvalue weighted by atomic mass is 16.5. The van der Waals surface area contributed by atoms with E-state index in [0.717, 1.165) is 82.9 Å². The Morgan fingerprint density at radius 3 is 2.69 bits per heavy atom. The van der Waals surface area contributed by atoms with Crippen molar-refractivity contribution in [3.05, 3.63) is 17.5 Å². The number of urea groups is 1. The molecule has 0 bridgehead atoms. The Balaban J connectivity index is 1.42. The molecule has 3 rings (SSSR count). The van der Waals surface area contributed by atoms with Crippen molar-refractivity contribution in [1.29, 1.82) is 0 Å². The van der Waals surface area contributed by atoms with Crippen molar-refractivity contribution in [2.75, 3.05) is 39.4 Å². The van der Waals surface area contributed by atoms with Crippen molar-refractivity contribution in [1.82, 2.24) is 24.9 Å². The Labute approximate surface area is 156 Å². The molecule has 1 aromatic heterocycles. The highest BCUT2D eigenvalue weighted by molar-refractivity contribution is 5.74. The molecule has 0 saturated carbocycles. The van der Waals surface area contributed by atoms with Crippen LogP contribution in [0.3, 0.4) is 0 Å². The molecule has 0 atom stereocenters. The first-order valence-electron chi connectivity index (χ1n) is 10.0. The summed E-state index contributed by atoms with van der Waals surface area (Å²) in [4.78, 5) is 17.0. The van der Waals surface area contributed by atoms with Gasteiger partial charge in [0.25, 0.3) is 0 Å². The van der Waals surface area contributed by atoms with Gasteiger partial charge in [-0.1, -0.05) is 13.3 Å². The SMILES string of the molecule is CCCCn1cc(CNC(=O)N2CCN(C3CCOCC3)CC2)c(C)n1. The Kier molecular flexibility index (Phi) is 6.91. The molecule has 146 valence electrons. The fourth-order valence-electron chi connectivity index (χ4n) is 3.79. The van der Waals surface area contributed by atoms with Crippen LogP contribution in [0.1, 0.15) is 43.9 Å². The minimum Gasteiger partial charge on any atom is -0.381 e. The number of rotatable bonds is 6. The van der Waals surface area contributed by atoms with Gasteiger partial charge in [-0.3, -0.25) is 9.58 Å². The largest absolute Gasteiger partial charge is 0.381 e. The van der Waals surface area contributed by atoms with Crippen LogP contribution in [0, 0.1) is 6.92 Å². The Hall–Kier alpha value is -1.60. The van der Waals surface area contributed by atoms with Crippen molar-refractivity contribution in [3.63, 3.8) is 0 Å². The van der Waals surface area contributed by atoms with Gasteiger partial charge in [0.2, 0.25) is 0 Å². The van der Waals surface area contributed by atoms with Gasteiger partial charge in [-0.05, 0) is 26.2 Å². The molecular formula is C19H33N5O2. The lowest BCUT2D eigenvalue weighted by molar-refractivity contribution is 0.0187. The molecule has 0 aliphatic carbocycles.